The van der Waals surface area contributed by atoms with Crippen LogP contribution >= 0.6 is 8.53 Å². The summed E-state index contributed by atoms with van der Waals surface area (Å²) in [6, 6.07) is 27.8. The average Bonchev–Trinajstić information content (AvgIpc) is 3.58. The van der Waals surface area contributed by atoms with E-state index in [1.165, 1.54) is 12.6 Å². The Balaban J connectivity index is 1.75. The molecule has 344 valence electrons. The maximum absolute atomic E-state index is 14.1. The molecule has 1 amide bonds. The minimum Gasteiger partial charge on any atom is -0.497 e. The van der Waals surface area contributed by atoms with Gasteiger partial charge in [0.2, 0.25) is 0 Å². The number of hydrogen-bond acceptors (Lipinski definition) is 12. The van der Waals surface area contributed by atoms with Crippen LogP contribution in [0.15, 0.2) is 105 Å². The summed E-state index contributed by atoms with van der Waals surface area (Å²) >= 11 is 0. The van der Waals surface area contributed by atoms with Crippen molar-refractivity contribution < 1.29 is 37.2 Å². The number of methoxy groups -OCH3 is 2. The van der Waals surface area contributed by atoms with E-state index in [0.29, 0.717) is 11.5 Å². The largest absolute Gasteiger partial charge is 0.497 e. The first-order valence-electron chi connectivity index (χ1n) is 21.6. The Bertz CT molecular complexity index is 2130. The first kappa shape index (κ1) is 50.2. The van der Waals surface area contributed by atoms with Gasteiger partial charge in [-0.3, -0.25) is 4.79 Å². The first-order valence-corrected chi connectivity index (χ1v) is 25.6. The van der Waals surface area contributed by atoms with Gasteiger partial charge in [0.05, 0.1) is 46.3 Å². The molecule has 5 rings (SSSR count). The zero-order chi connectivity index (χ0) is 46.8. The van der Waals surface area contributed by atoms with E-state index in [-0.39, 0.29) is 54.0 Å². The highest BCUT2D eigenvalue weighted by atomic mass is 31.2. The standard InChI is InChI=1S/C48H65N6O8PSi/c1-33(2)54(34(3)4)63(59-29-17-28-49)61-43-41(60-42(44(43)62-64(12,13)47(5,6)7)40-30-50-46(52-45(40)55)51-32-53(8)9)31-58-48(35-18-15-14-16-19-35,36-20-24-38(56-10)25-21-36)37-22-26-39(57-11)27-23-37/h14-16,18-27,30,32-34,41,43-44H,17,29,31H2,1-13H3/b42-40-,51-32+/t41-,43+,44?,63?/m1/s1. The Morgan fingerprint density at radius 3 is 1.95 bits per heavy atom. The van der Waals surface area contributed by atoms with Gasteiger partial charge in [-0.1, -0.05) is 75.4 Å². The number of carbonyl (C=O) groups is 1. The molecule has 1 fully saturated rings. The lowest BCUT2D eigenvalue weighted by Crippen LogP contribution is -2.49. The molecule has 64 heavy (non-hydrogen) atoms. The number of guanidine groups is 1. The third kappa shape index (κ3) is 11.7. The highest BCUT2D eigenvalue weighted by Crippen LogP contribution is 2.52. The molecule has 2 unspecified atom stereocenters. The van der Waals surface area contributed by atoms with Crippen LogP contribution < -0.4 is 9.47 Å². The number of hydrogen-bond donors (Lipinski definition) is 0. The van der Waals surface area contributed by atoms with Gasteiger partial charge >= 0.3 is 0 Å². The fraction of sp³-hybridized carbons (Fsp3) is 0.479. The van der Waals surface area contributed by atoms with Crippen molar-refractivity contribution in [2.24, 2.45) is 15.0 Å². The lowest BCUT2D eigenvalue weighted by Gasteiger charge is -2.41. The molecule has 0 bridgehead atoms. The molecule has 2 aliphatic heterocycles. The van der Waals surface area contributed by atoms with Crippen LogP contribution in [0.5, 0.6) is 11.5 Å². The van der Waals surface area contributed by atoms with Gasteiger partial charge in [0, 0.05) is 32.4 Å². The number of carbonyl (C=O) groups excluding carboxylic acids is 1. The summed E-state index contributed by atoms with van der Waals surface area (Å²) in [7, 11) is 2.40. The highest BCUT2D eigenvalue weighted by molar-refractivity contribution is 7.44. The molecule has 14 nitrogen and oxygen atoms in total. The predicted octanol–water partition coefficient (Wildman–Crippen LogP) is 9.27. The van der Waals surface area contributed by atoms with Crippen molar-refractivity contribution in [3.8, 4) is 17.6 Å². The molecule has 3 aromatic carbocycles. The zero-order valence-corrected chi connectivity index (χ0v) is 41.5. The van der Waals surface area contributed by atoms with Crippen molar-refractivity contribution in [3.05, 3.63) is 107 Å². The Hall–Kier alpha value is -4.78. The highest BCUT2D eigenvalue weighted by Gasteiger charge is 2.53. The molecular formula is C48H65N6O8PSi. The third-order valence-electron chi connectivity index (χ3n) is 11.4. The second-order valence-electron chi connectivity index (χ2n) is 17.8. The van der Waals surface area contributed by atoms with Crippen LogP contribution in [0.1, 0.15) is 71.6 Å². The number of nitriles is 1. The fourth-order valence-corrected chi connectivity index (χ4v) is 10.1. The summed E-state index contributed by atoms with van der Waals surface area (Å²) in [5, 5.41) is 9.31. The Labute approximate surface area is 382 Å². The van der Waals surface area contributed by atoms with Gasteiger partial charge in [-0.05, 0) is 86.8 Å². The molecule has 4 atom stereocenters. The SMILES string of the molecule is COc1ccc(C(OC[C@H]2O/C(=C3/C=NC(/N=C/N(C)C)=NC3=O)C(O[Si](C)(C)C(C)(C)C)[C@H]2OP(OCCC#N)N(C(C)C)C(C)C)(c2ccccc2)c2ccc(OC)cc2)cc1. The van der Waals surface area contributed by atoms with Gasteiger partial charge in [-0.15, -0.1) is 0 Å². The van der Waals surface area contributed by atoms with Crippen LogP contribution in [-0.4, -0.2) is 114 Å². The van der Waals surface area contributed by atoms with Gasteiger partial charge in [-0.2, -0.15) is 10.3 Å². The van der Waals surface area contributed by atoms with Crippen LogP contribution in [0.25, 0.3) is 0 Å². The van der Waals surface area contributed by atoms with Gasteiger partial charge < -0.3 is 37.3 Å². The molecule has 0 N–H and O–H groups in total. The molecule has 0 aliphatic carbocycles. The summed E-state index contributed by atoms with van der Waals surface area (Å²) in [5.41, 5.74) is 1.44. The van der Waals surface area contributed by atoms with Crippen LogP contribution in [0.4, 0.5) is 0 Å². The molecule has 0 aromatic heterocycles. The van der Waals surface area contributed by atoms with Crippen LogP contribution in [0.2, 0.25) is 18.1 Å². The van der Waals surface area contributed by atoms with E-state index in [4.69, 9.17) is 32.4 Å². The van der Waals surface area contributed by atoms with Crippen molar-refractivity contribution in [2.45, 2.75) is 109 Å². The van der Waals surface area contributed by atoms with E-state index in [0.717, 1.165) is 16.7 Å². The van der Waals surface area contributed by atoms with Crippen LogP contribution in [0.3, 0.4) is 0 Å². The second-order valence-corrected chi connectivity index (χ2v) is 24.0. The summed E-state index contributed by atoms with van der Waals surface area (Å²) in [6.07, 6.45) is 0.469. The number of nitrogens with zero attached hydrogens (tertiary/aromatic N) is 6. The number of benzene rings is 3. The third-order valence-corrected chi connectivity index (χ3v) is 17.9. The molecule has 16 heteroatoms. The van der Waals surface area contributed by atoms with Crippen molar-refractivity contribution >= 4 is 41.3 Å². The van der Waals surface area contributed by atoms with Gasteiger partial charge in [0.25, 0.3) is 20.4 Å². The molecule has 0 radical (unpaired) electrons. The van der Waals surface area contributed by atoms with E-state index in [2.05, 4.69) is 87.3 Å². The van der Waals surface area contributed by atoms with Gasteiger partial charge in [0.15, 0.2) is 14.4 Å². The van der Waals surface area contributed by atoms with E-state index in [1.807, 2.05) is 93.0 Å². The maximum atomic E-state index is 14.1. The maximum Gasteiger partial charge on any atom is 0.285 e. The number of amides is 1. The molecule has 1 saturated heterocycles. The summed E-state index contributed by atoms with van der Waals surface area (Å²) in [5.74, 6) is 1.06. The average molecular weight is 913 g/mol. The number of rotatable bonds is 19. The van der Waals surface area contributed by atoms with Crippen molar-refractivity contribution in [2.75, 3.05) is 41.5 Å². The quantitative estimate of drug-likeness (QED) is 0.0216. The predicted molar refractivity (Wildman–Crippen MR) is 255 cm³/mol. The molecule has 0 saturated carbocycles. The molecular weight excluding hydrogens is 848 g/mol. The summed E-state index contributed by atoms with van der Waals surface area (Å²) in [6.45, 7) is 19.2. The summed E-state index contributed by atoms with van der Waals surface area (Å²) < 4.78 is 48.9. The topological polar surface area (TPSA) is 149 Å². The van der Waals surface area contributed by atoms with Crippen LogP contribution in [0, 0.1) is 11.3 Å². The fourth-order valence-electron chi connectivity index (χ4n) is 7.16. The lowest BCUT2D eigenvalue weighted by molar-refractivity contribution is -0.114. The number of ether oxygens (including phenoxy) is 4. The first-order chi connectivity index (χ1) is 30.4. The van der Waals surface area contributed by atoms with E-state index in [1.54, 1.807) is 19.1 Å². The normalized spacial score (nSPS) is 19.9. The van der Waals surface area contributed by atoms with Gasteiger partial charge in [-0.25, -0.2) is 14.7 Å². The minimum absolute atomic E-state index is 0.00112. The van der Waals surface area contributed by atoms with Crippen LogP contribution in [-0.2, 0) is 33.3 Å². The summed E-state index contributed by atoms with van der Waals surface area (Å²) in [4.78, 5) is 28.8. The molecule has 2 aliphatic rings. The zero-order valence-electron chi connectivity index (χ0n) is 39.6. The van der Waals surface area contributed by atoms with Crippen molar-refractivity contribution in [3.63, 3.8) is 0 Å². The van der Waals surface area contributed by atoms with Crippen molar-refractivity contribution in [1.82, 2.24) is 9.57 Å². The molecule has 0 spiro atoms. The van der Waals surface area contributed by atoms with Crippen molar-refractivity contribution in [1.29, 1.82) is 5.26 Å². The number of aliphatic imine (C=N–C) groups is 3. The Kier molecular flexibility index (Phi) is 17.2. The van der Waals surface area contributed by atoms with Gasteiger partial charge in [0.1, 0.15) is 40.6 Å². The smallest absolute Gasteiger partial charge is 0.285 e. The Morgan fingerprint density at radius 1 is 0.906 bits per heavy atom. The minimum atomic E-state index is -2.67. The van der Waals surface area contributed by atoms with E-state index >= 15 is 0 Å². The second kappa shape index (κ2) is 21.9. The Morgan fingerprint density at radius 2 is 1.47 bits per heavy atom. The molecule has 3 aromatic rings. The monoisotopic (exact) mass is 912 g/mol. The lowest BCUT2D eigenvalue weighted by atomic mass is 9.80. The molecule has 2 heterocycles. The van der Waals surface area contributed by atoms with E-state index in [9.17, 15) is 10.1 Å². The van der Waals surface area contributed by atoms with E-state index < -0.39 is 46.7 Å².